The van der Waals surface area contributed by atoms with E-state index in [1.54, 1.807) is 0 Å². The third-order valence-corrected chi connectivity index (χ3v) is 2.64. The standard InChI is InChI=1S/C7H8BrNO/c8-6-5(9)7(10-6)3-1-2-4-7/h1-2H,3-4,9H2. The molecular weight excluding hydrogens is 194 g/mol. The molecule has 0 bridgehead atoms. The van der Waals surface area contributed by atoms with E-state index in [0.29, 0.717) is 0 Å². The summed E-state index contributed by atoms with van der Waals surface area (Å²) < 4.78 is 6.13. The lowest BCUT2D eigenvalue weighted by molar-refractivity contribution is 0.00859. The van der Waals surface area contributed by atoms with Gasteiger partial charge in [0.25, 0.3) is 0 Å². The first-order valence-electron chi connectivity index (χ1n) is 3.24. The van der Waals surface area contributed by atoms with E-state index in [9.17, 15) is 0 Å². The molecule has 0 atom stereocenters. The first-order valence-corrected chi connectivity index (χ1v) is 4.04. The van der Waals surface area contributed by atoms with E-state index in [0.717, 1.165) is 23.2 Å². The van der Waals surface area contributed by atoms with Gasteiger partial charge in [0, 0.05) is 12.8 Å². The largest absolute Gasteiger partial charge is 0.471 e. The minimum Gasteiger partial charge on any atom is -0.471 e. The molecule has 2 nitrogen and oxygen atoms in total. The smallest absolute Gasteiger partial charge is 0.186 e. The van der Waals surface area contributed by atoms with Crippen LogP contribution in [-0.4, -0.2) is 5.60 Å². The van der Waals surface area contributed by atoms with E-state index < -0.39 is 0 Å². The number of ether oxygens (including phenoxy) is 1. The minimum absolute atomic E-state index is 0.154. The zero-order valence-corrected chi connectivity index (χ0v) is 7.02. The van der Waals surface area contributed by atoms with Crippen LogP contribution in [0.15, 0.2) is 22.5 Å². The molecule has 0 fully saturated rings. The normalized spacial score (nSPS) is 26.9. The van der Waals surface area contributed by atoms with Crippen molar-refractivity contribution < 1.29 is 4.74 Å². The van der Waals surface area contributed by atoms with Crippen molar-refractivity contribution in [2.24, 2.45) is 5.73 Å². The molecule has 2 N–H and O–H groups in total. The maximum Gasteiger partial charge on any atom is 0.186 e. The quantitative estimate of drug-likeness (QED) is 0.606. The molecule has 1 aliphatic heterocycles. The monoisotopic (exact) mass is 201 g/mol. The van der Waals surface area contributed by atoms with Crippen LogP contribution in [0.5, 0.6) is 0 Å². The van der Waals surface area contributed by atoms with Crippen LogP contribution in [0.3, 0.4) is 0 Å². The highest BCUT2D eigenvalue weighted by atomic mass is 79.9. The lowest BCUT2D eigenvalue weighted by Gasteiger charge is -2.39. The van der Waals surface area contributed by atoms with Crippen LogP contribution in [-0.2, 0) is 4.74 Å². The van der Waals surface area contributed by atoms with Crippen molar-refractivity contribution in [2.45, 2.75) is 18.4 Å². The van der Waals surface area contributed by atoms with E-state index in [1.807, 2.05) is 0 Å². The van der Waals surface area contributed by atoms with E-state index in [2.05, 4.69) is 28.1 Å². The van der Waals surface area contributed by atoms with Gasteiger partial charge in [0.1, 0.15) is 5.70 Å². The summed E-state index contributed by atoms with van der Waals surface area (Å²) in [5.74, 6) is 0. The van der Waals surface area contributed by atoms with Crippen LogP contribution in [0.1, 0.15) is 12.8 Å². The number of halogens is 1. The average Bonchev–Trinajstić information content (AvgIpc) is 2.38. The Kier molecular flexibility index (Phi) is 1.12. The van der Waals surface area contributed by atoms with Gasteiger partial charge in [-0.05, 0) is 15.9 Å². The average molecular weight is 202 g/mol. The van der Waals surface area contributed by atoms with Crippen molar-refractivity contribution in [3.8, 4) is 0 Å². The fraction of sp³-hybridized carbons (Fsp3) is 0.429. The van der Waals surface area contributed by atoms with Crippen molar-refractivity contribution in [1.29, 1.82) is 0 Å². The molecule has 2 rings (SSSR count). The summed E-state index contributed by atoms with van der Waals surface area (Å²) in [7, 11) is 0. The summed E-state index contributed by atoms with van der Waals surface area (Å²) in [6.07, 6.45) is 6.06. The molecule has 1 aliphatic carbocycles. The Morgan fingerprint density at radius 1 is 1.50 bits per heavy atom. The molecule has 1 heterocycles. The fourth-order valence-corrected chi connectivity index (χ4v) is 2.02. The van der Waals surface area contributed by atoms with Crippen LogP contribution in [0, 0.1) is 0 Å². The second kappa shape index (κ2) is 1.78. The summed E-state index contributed by atoms with van der Waals surface area (Å²) in [6.45, 7) is 0. The van der Waals surface area contributed by atoms with Gasteiger partial charge in [-0.3, -0.25) is 0 Å². The molecule has 0 aromatic rings. The summed E-state index contributed by atoms with van der Waals surface area (Å²) >= 11 is 3.22. The Balaban J connectivity index is 2.25. The van der Waals surface area contributed by atoms with Gasteiger partial charge < -0.3 is 10.5 Å². The highest BCUT2D eigenvalue weighted by molar-refractivity contribution is 9.11. The first kappa shape index (κ1) is 6.28. The molecule has 0 aromatic carbocycles. The highest BCUT2D eigenvalue weighted by Crippen LogP contribution is 2.45. The van der Waals surface area contributed by atoms with Gasteiger partial charge in [-0.25, -0.2) is 0 Å². The van der Waals surface area contributed by atoms with Gasteiger partial charge in [0.15, 0.2) is 10.3 Å². The second-order valence-electron chi connectivity index (χ2n) is 2.66. The van der Waals surface area contributed by atoms with Crippen LogP contribution in [0.25, 0.3) is 0 Å². The van der Waals surface area contributed by atoms with Gasteiger partial charge in [0.2, 0.25) is 0 Å². The van der Waals surface area contributed by atoms with Crippen LogP contribution >= 0.6 is 15.9 Å². The van der Waals surface area contributed by atoms with Crippen LogP contribution in [0.4, 0.5) is 0 Å². The second-order valence-corrected chi connectivity index (χ2v) is 3.38. The summed E-state index contributed by atoms with van der Waals surface area (Å²) in [5.41, 5.74) is 6.43. The predicted octanol–water partition coefficient (Wildman–Crippen LogP) is 1.63. The van der Waals surface area contributed by atoms with Crippen molar-refractivity contribution in [2.75, 3.05) is 0 Å². The van der Waals surface area contributed by atoms with Crippen molar-refractivity contribution in [1.82, 2.24) is 0 Å². The Morgan fingerprint density at radius 3 is 2.50 bits per heavy atom. The summed E-state index contributed by atoms with van der Waals surface area (Å²) in [6, 6.07) is 0. The predicted molar refractivity (Wildman–Crippen MR) is 42.3 cm³/mol. The highest BCUT2D eigenvalue weighted by Gasteiger charge is 2.45. The zero-order chi connectivity index (χ0) is 7.19. The third-order valence-electron chi connectivity index (χ3n) is 2.05. The van der Waals surface area contributed by atoms with Gasteiger partial charge >= 0.3 is 0 Å². The van der Waals surface area contributed by atoms with E-state index in [4.69, 9.17) is 10.5 Å². The maximum atomic E-state index is 5.73. The number of rotatable bonds is 0. The van der Waals surface area contributed by atoms with Crippen molar-refractivity contribution in [3.63, 3.8) is 0 Å². The summed E-state index contributed by atoms with van der Waals surface area (Å²) in [4.78, 5) is 0. The van der Waals surface area contributed by atoms with E-state index in [-0.39, 0.29) is 5.60 Å². The summed E-state index contributed by atoms with van der Waals surface area (Å²) in [5, 5.41) is 0. The molecule has 0 radical (unpaired) electrons. The molecule has 0 amide bonds. The molecule has 0 saturated heterocycles. The van der Waals surface area contributed by atoms with Gasteiger partial charge in [-0.1, -0.05) is 12.2 Å². The lowest BCUT2D eigenvalue weighted by atomic mass is 9.94. The maximum absolute atomic E-state index is 5.73. The Labute approximate surface area is 67.9 Å². The lowest BCUT2D eigenvalue weighted by Crippen LogP contribution is -2.43. The SMILES string of the molecule is NC1=C(Br)OC12CC=CC2. The Bertz CT molecular complexity index is 224. The molecule has 2 aliphatic rings. The fourth-order valence-electron chi connectivity index (χ4n) is 1.35. The number of hydrogen-bond donors (Lipinski definition) is 1. The van der Waals surface area contributed by atoms with E-state index >= 15 is 0 Å². The van der Waals surface area contributed by atoms with Crippen molar-refractivity contribution in [3.05, 3.63) is 22.5 Å². The van der Waals surface area contributed by atoms with Gasteiger partial charge in [0.05, 0.1) is 0 Å². The molecule has 0 saturated carbocycles. The van der Waals surface area contributed by atoms with E-state index in [1.165, 1.54) is 0 Å². The zero-order valence-electron chi connectivity index (χ0n) is 5.43. The molecule has 54 valence electrons. The van der Waals surface area contributed by atoms with Crippen LogP contribution < -0.4 is 5.73 Å². The molecule has 0 aromatic heterocycles. The number of nitrogens with two attached hydrogens (primary N) is 1. The van der Waals surface area contributed by atoms with Gasteiger partial charge in [-0.2, -0.15) is 0 Å². The van der Waals surface area contributed by atoms with Crippen LogP contribution in [0.2, 0.25) is 0 Å². The molecule has 0 unspecified atom stereocenters. The first-order chi connectivity index (χ1) is 4.75. The molecule has 10 heavy (non-hydrogen) atoms. The van der Waals surface area contributed by atoms with Gasteiger partial charge in [-0.15, -0.1) is 0 Å². The Morgan fingerprint density at radius 2 is 2.10 bits per heavy atom. The third kappa shape index (κ3) is 0.586. The number of hydrogen-bond acceptors (Lipinski definition) is 2. The van der Waals surface area contributed by atoms with Crippen molar-refractivity contribution >= 4 is 15.9 Å². The molecule has 1 spiro atoms. The Hall–Kier alpha value is -0.440. The molecule has 3 heteroatoms. The topological polar surface area (TPSA) is 35.2 Å². The molecular formula is C7H8BrNO. The minimum atomic E-state index is -0.154.